The second-order valence-electron chi connectivity index (χ2n) is 5.87. The van der Waals surface area contributed by atoms with E-state index in [0.717, 1.165) is 32.5 Å². The van der Waals surface area contributed by atoms with Crippen molar-refractivity contribution in [1.29, 1.82) is 0 Å². The molecule has 0 aromatic rings. The van der Waals surface area contributed by atoms with Crippen molar-refractivity contribution in [2.24, 2.45) is 0 Å². The molecule has 0 spiro atoms. The van der Waals surface area contributed by atoms with E-state index in [9.17, 15) is 0 Å². The van der Waals surface area contributed by atoms with Gasteiger partial charge in [-0.05, 0) is 25.7 Å². The molecule has 19 heavy (non-hydrogen) atoms. The normalized spacial score (nSPS) is 31.1. The minimum absolute atomic E-state index is 0.0323. The largest absolute Gasteiger partial charge is 0.376 e. The Morgan fingerprint density at radius 3 is 2.58 bits per heavy atom. The summed E-state index contributed by atoms with van der Waals surface area (Å²) >= 11 is 0. The van der Waals surface area contributed by atoms with E-state index in [1.165, 1.54) is 44.9 Å². The SMILES string of the molecule is CCCCCCCCOC1CC[C@H]([C@@H]2CCCO2)O1. The fourth-order valence-electron chi connectivity index (χ4n) is 3.02. The zero-order valence-corrected chi connectivity index (χ0v) is 12.4. The van der Waals surface area contributed by atoms with Gasteiger partial charge in [0.2, 0.25) is 0 Å². The lowest BCUT2D eigenvalue weighted by atomic mass is 10.1. The second kappa shape index (κ2) is 8.93. The van der Waals surface area contributed by atoms with Gasteiger partial charge in [-0.25, -0.2) is 0 Å². The first-order chi connectivity index (χ1) is 9.40. The number of hydrogen-bond donors (Lipinski definition) is 0. The van der Waals surface area contributed by atoms with Crippen LogP contribution in [-0.2, 0) is 14.2 Å². The first-order valence-electron chi connectivity index (χ1n) is 8.29. The highest BCUT2D eigenvalue weighted by molar-refractivity contribution is 4.80. The minimum atomic E-state index is 0.0323. The molecule has 0 aliphatic carbocycles. The standard InChI is InChI=1S/C16H30O3/c1-2-3-4-5-6-7-12-18-16-11-10-15(19-16)14-9-8-13-17-14/h14-16H,2-13H2,1H3/t14-,15+,16?/m0/s1. The fraction of sp³-hybridized carbons (Fsp3) is 1.00. The van der Waals surface area contributed by atoms with Gasteiger partial charge in [-0.1, -0.05) is 39.0 Å². The molecule has 2 saturated heterocycles. The van der Waals surface area contributed by atoms with E-state index >= 15 is 0 Å². The highest BCUT2D eigenvalue weighted by Crippen LogP contribution is 2.29. The summed E-state index contributed by atoms with van der Waals surface area (Å²) in [7, 11) is 0. The zero-order chi connectivity index (χ0) is 13.3. The van der Waals surface area contributed by atoms with Crippen LogP contribution in [0.3, 0.4) is 0 Å². The van der Waals surface area contributed by atoms with Gasteiger partial charge >= 0.3 is 0 Å². The summed E-state index contributed by atoms with van der Waals surface area (Å²) in [6.07, 6.45) is 13.0. The lowest BCUT2D eigenvalue weighted by Crippen LogP contribution is -2.26. The van der Waals surface area contributed by atoms with Gasteiger partial charge in [0.25, 0.3) is 0 Å². The highest BCUT2D eigenvalue weighted by atomic mass is 16.7. The van der Waals surface area contributed by atoms with Crippen molar-refractivity contribution in [2.75, 3.05) is 13.2 Å². The van der Waals surface area contributed by atoms with Crippen LogP contribution in [0.1, 0.15) is 71.1 Å². The third-order valence-electron chi connectivity index (χ3n) is 4.19. The Balaban J connectivity index is 1.46. The summed E-state index contributed by atoms with van der Waals surface area (Å²) in [6.45, 7) is 4.02. The molecule has 3 heteroatoms. The summed E-state index contributed by atoms with van der Waals surface area (Å²) in [4.78, 5) is 0. The van der Waals surface area contributed by atoms with E-state index in [1.807, 2.05) is 0 Å². The fourth-order valence-corrected chi connectivity index (χ4v) is 3.02. The van der Waals surface area contributed by atoms with Crippen LogP contribution in [0.15, 0.2) is 0 Å². The smallest absolute Gasteiger partial charge is 0.158 e. The minimum Gasteiger partial charge on any atom is -0.376 e. The summed E-state index contributed by atoms with van der Waals surface area (Å²) < 4.78 is 17.4. The van der Waals surface area contributed by atoms with E-state index in [-0.39, 0.29) is 12.4 Å². The molecule has 2 rings (SSSR count). The van der Waals surface area contributed by atoms with Crippen molar-refractivity contribution < 1.29 is 14.2 Å². The average Bonchev–Trinajstić information content (AvgIpc) is 3.08. The topological polar surface area (TPSA) is 27.7 Å². The van der Waals surface area contributed by atoms with Crippen LogP contribution in [0, 0.1) is 0 Å². The van der Waals surface area contributed by atoms with Crippen molar-refractivity contribution >= 4 is 0 Å². The molecule has 0 aromatic carbocycles. The maximum absolute atomic E-state index is 5.94. The molecular weight excluding hydrogens is 240 g/mol. The Hall–Kier alpha value is -0.120. The van der Waals surface area contributed by atoms with Gasteiger partial charge in [-0.2, -0.15) is 0 Å². The van der Waals surface area contributed by atoms with E-state index < -0.39 is 0 Å². The van der Waals surface area contributed by atoms with E-state index in [2.05, 4.69) is 6.92 Å². The molecule has 112 valence electrons. The molecule has 0 saturated carbocycles. The van der Waals surface area contributed by atoms with Gasteiger partial charge in [-0.15, -0.1) is 0 Å². The Labute approximate surface area is 118 Å². The predicted octanol–water partition coefficient (Wildman–Crippen LogP) is 4.05. The molecule has 0 amide bonds. The van der Waals surface area contributed by atoms with E-state index in [1.54, 1.807) is 0 Å². The van der Waals surface area contributed by atoms with Gasteiger partial charge in [0, 0.05) is 19.6 Å². The summed E-state index contributed by atoms with van der Waals surface area (Å²) in [5, 5.41) is 0. The Kier molecular flexibility index (Phi) is 7.18. The quantitative estimate of drug-likeness (QED) is 0.592. The monoisotopic (exact) mass is 270 g/mol. The molecule has 2 fully saturated rings. The van der Waals surface area contributed by atoms with E-state index in [0.29, 0.717) is 6.10 Å². The third-order valence-corrected chi connectivity index (χ3v) is 4.19. The van der Waals surface area contributed by atoms with Crippen LogP contribution in [0.25, 0.3) is 0 Å². The maximum Gasteiger partial charge on any atom is 0.158 e. The van der Waals surface area contributed by atoms with Crippen LogP contribution >= 0.6 is 0 Å². The molecule has 1 unspecified atom stereocenters. The Bertz CT molecular complexity index is 226. The molecule has 0 N–H and O–H groups in total. The van der Waals surface area contributed by atoms with Gasteiger partial charge in [0.15, 0.2) is 6.29 Å². The summed E-state index contributed by atoms with van der Waals surface area (Å²) in [6, 6.07) is 0. The van der Waals surface area contributed by atoms with Gasteiger partial charge in [0.1, 0.15) is 0 Å². The number of ether oxygens (including phenoxy) is 3. The lowest BCUT2D eigenvalue weighted by Gasteiger charge is -2.19. The summed E-state index contributed by atoms with van der Waals surface area (Å²) in [5.41, 5.74) is 0. The van der Waals surface area contributed by atoms with Gasteiger partial charge in [0.05, 0.1) is 12.2 Å². The predicted molar refractivity (Wildman–Crippen MR) is 76.2 cm³/mol. The average molecular weight is 270 g/mol. The molecule has 2 heterocycles. The molecule has 3 atom stereocenters. The molecule has 2 aliphatic rings. The van der Waals surface area contributed by atoms with Crippen LogP contribution in [0.5, 0.6) is 0 Å². The second-order valence-corrected chi connectivity index (χ2v) is 5.87. The van der Waals surface area contributed by atoms with Crippen LogP contribution in [-0.4, -0.2) is 31.7 Å². The van der Waals surface area contributed by atoms with Gasteiger partial charge < -0.3 is 14.2 Å². The molecule has 0 bridgehead atoms. The molecule has 2 aliphatic heterocycles. The van der Waals surface area contributed by atoms with Gasteiger partial charge in [-0.3, -0.25) is 0 Å². The lowest BCUT2D eigenvalue weighted by molar-refractivity contribution is -0.155. The first kappa shape index (κ1) is 15.3. The van der Waals surface area contributed by atoms with Crippen molar-refractivity contribution in [3.8, 4) is 0 Å². The maximum atomic E-state index is 5.94. The zero-order valence-electron chi connectivity index (χ0n) is 12.4. The van der Waals surface area contributed by atoms with Crippen molar-refractivity contribution in [2.45, 2.75) is 89.6 Å². The van der Waals surface area contributed by atoms with Crippen LogP contribution < -0.4 is 0 Å². The van der Waals surface area contributed by atoms with Crippen molar-refractivity contribution in [3.63, 3.8) is 0 Å². The molecule has 3 nitrogen and oxygen atoms in total. The third kappa shape index (κ3) is 5.41. The van der Waals surface area contributed by atoms with Crippen LogP contribution in [0.4, 0.5) is 0 Å². The molecular formula is C16H30O3. The number of rotatable bonds is 9. The number of unbranched alkanes of at least 4 members (excludes halogenated alkanes) is 5. The molecule has 0 radical (unpaired) electrons. The first-order valence-corrected chi connectivity index (χ1v) is 8.29. The molecule has 0 aromatic heterocycles. The van der Waals surface area contributed by atoms with Crippen LogP contribution in [0.2, 0.25) is 0 Å². The van der Waals surface area contributed by atoms with E-state index in [4.69, 9.17) is 14.2 Å². The Morgan fingerprint density at radius 2 is 1.79 bits per heavy atom. The highest BCUT2D eigenvalue weighted by Gasteiger charge is 2.34. The van der Waals surface area contributed by atoms with Crippen molar-refractivity contribution in [1.82, 2.24) is 0 Å². The summed E-state index contributed by atoms with van der Waals surface area (Å²) in [5.74, 6) is 0. The van der Waals surface area contributed by atoms with Crippen molar-refractivity contribution in [3.05, 3.63) is 0 Å². The number of hydrogen-bond acceptors (Lipinski definition) is 3. The Morgan fingerprint density at radius 1 is 0.947 bits per heavy atom.